The molecule has 0 spiro atoms. The minimum absolute atomic E-state index is 0.0757. The molecule has 4 heteroatoms. The maximum Gasteiger partial charge on any atom is 0.316 e. The van der Waals surface area contributed by atoms with Crippen LogP contribution in [0.25, 0.3) is 5.57 Å². The zero-order valence-corrected chi connectivity index (χ0v) is 14.9. The van der Waals surface area contributed by atoms with E-state index in [1.165, 1.54) is 18.4 Å². The SMILES string of the molecule is C=C(C)c1cc(C2(C(=O)OC)CCCCC2)cs1.CBr. The second kappa shape index (κ2) is 7.99. The average molecular weight is 359 g/mol. The number of thiophene rings is 1. The van der Waals surface area contributed by atoms with Gasteiger partial charge in [-0.3, -0.25) is 4.79 Å². The summed E-state index contributed by atoms with van der Waals surface area (Å²) >= 11 is 4.61. The number of methoxy groups -OCH3 is 1. The molecule has 1 fully saturated rings. The summed E-state index contributed by atoms with van der Waals surface area (Å²) in [5.41, 5.74) is 1.77. The van der Waals surface area contributed by atoms with Gasteiger partial charge in [0.25, 0.3) is 0 Å². The minimum Gasteiger partial charge on any atom is -0.468 e. The molecule has 112 valence electrons. The zero-order chi connectivity index (χ0) is 15.2. The third kappa shape index (κ3) is 3.53. The summed E-state index contributed by atoms with van der Waals surface area (Å²) in [4.78, 5) is 13.4. The smallest absolute Gasteiger partial charge is 0.316 e. The van der Waals surface area contributed by atoms with E-state index in [0.717, 1.165) is 36.8 Å². The Morgan fingerprint density at radius 3 is 2.40 bits per heavy atom. The van der Waals surface area contributed by atoms with Crippen LogP contribution in [0.1, 0.15) is 49.5 Å². The minimum atomic E-state index is -0.406. The molecule has 0 radical (unpaired) electrons. The molecule has 1 saturated carbocycles. The first-order valence-electron chi connectivity index (χ1n) is 6.81. The third-order valence-electron chi connectivity index (χ3n) is 3.86. The number of alkyl halides is 1. The number of allylic oxidation sites excluding steroid dienone is 1. The average Bonchev–Trinajstić information content (AvgIpc) is 2.99. The van der Waals surface area contributed by atoms with Gasteiger partial charge in [-0.05, 0) is 48.2 Å². The van der Waals surface area contributed by atoms with E-state index in [1.54, 1.807) is 11.3 Å². The van der Waals surface area contributed by atoms with Crippen molar-refractivity contribution in [2.75, 3.05) is 12.9 Å². The van der Waals surface area contributed by atoms with E-state index in [2.05, 4.69) is 34.0 Å². The fraction of sp³-hybridized carbons (Fsp3) is 0.562. The fourth-order valence-electron chi connectivity index (χ4n) is 2.77. The van der Waals surface area contributed by atoms with Gasteiger partial charge in [0, 0.05) is 4.88 Å². The highest BCUT2D eigenvalue weighted by molar-refractivity contribution is 9.08. The van der Waals surface area contributed by atoms with Crippen LogP contribution in [0.4, 0.5) is 0 Å². The van der Waals surface area contributed by atoms with Gasteiger partial charge in [0.05, 0.1) is 12.5 Å². The summed E-state index contributed by atoms with van der Waals surface area (Å²) in [6.45, 7) is 5.97. The molecular formula is C16H23BrO2S. The van der Waals surface area contributed by atoms with E-state index in [4.69, 9.17) is 4.74 Å². The van der Waals surface area contributed by atoms with Crippen LogP contribution < -0.4 is 0 Å². The van der Waals surface area contributed by atoms with Gasteiger partial charge in [-0.25, -0.2) is 0 Å². The van der Waals surface area contributed by atoms with Crippen molar-refractivity contribution >= 4 is 38.8 Å². The summed E-state index contributed by atoms with van der Waals surface area (Å²) in [7, 11) is 1.49. The Labute approximate surface area is 134 Å². The Hall–Kier alpha value is -0.610. The predicted molar refractivity (Wildman–Crippen MR) is 90.7 cm³/mol. The van der Waals surface area contributed by atoms with Crippen molar-refractivity contribution < 1.29 is 9.53 Å². The molecule has 0 saturated heterocycles. The lowest BCUT2D eigenvalue weighted by atomic mass is 9.70. The fourth-order valence-corrected chi connectivity index (χ4v) is 3.72. The molecule has 0 amide bonds. The Morgan fingerprint density at radius 1 is 1.35 bits per heavy atom. The van der Waals surface area contributed by atoms with Gasteiger partial charge in [0.2, 0.25) is 0 Å². The predicted octanol–water partition coefficient (Wildman–Crippen LogP) is 5.17. The van der Waals surface area contributed by atoms with E-state index in [9.17, 15) is 4.79 Å². The van der Waals surface area contributed by atoms with Gasteiger partial charge in [-0.2, -0.15) is 0 Å². The standard InChI is InChI=1S/C15H20O2S.CH3Br/c1-11(2)13-9-12(10-18-13)15(14(16)17-3)7-5-4-6-8-15;1-2/h9-10H,1,4-8H2,2-3H3;1H3. The van der Waals surface area contributed by atoms with Crippen LogP contribution in [0.5, 0.6) is 0 Å². The van der Waals surface area contributed by atoms with Crippen LogP contribution >= 0.6 is 27.3 Å². The van der Waals surface area contributed by atoms with E-state index in [0.29, 0.717) is 0 Å². The van der Waals surface area contributed by atoms with Crippen molar-refractivity contribution in [3.63, 3.8) is 0 Å². The van der Waals surface area contributed by atoms with Crippen molar-refractivity contribution in [3.8, 4) is 0 Å². The van der Waals surface area contributed by atoms with Crippen LogP contribution in [0.15, 0.2) is 18.0 Å². The lowest BCUT2D eigenvalue weighted by Crippen LogP contribution is -2.38. The maximum absolute atomic E-state index is 12.2. The van der Waals surface area contributed by atoms with Crippen molar-refractivity contribution in [2.45, 2.75) is 44.4 Å². The second-order valence-electron chi connectivity index (χ2n) is 5.11. The lowest BCUT2D eigenvalue weighted by molar-refractivity contribution is -0.149. The second-order valence-corrected chi connectivity index (χ2v) is 6.03. The highest BCUT2D eigenvalue weighted by Gasteiger charge is 2.42. The molecule has 0 unspecified atom stereocenters. The van der Waals surface area contributed by atoms with Crippen LogP contribution in [-0.2, 0) is 14.9 Å². The van der Waals surface area contributed by atoms with E-state index >= 15 is 0 Å². The monoisotopic (exact) mass is 358 g/mol. The number of hydrogen-bond acceptors (Lipinski definition) is 3. The number of rotatable bonds is 3. The highest BCUT2D eigenvalue weighted by atomic mass is 79.9. The van der Waals surface area contributed by atoms with Gasteiger partial charge in [-0.1, -0.05) is 41.8 Å². The molecule has 2 rings (SSSR count). The van der Waals surface area contributed by atoms with E-state index < -0.39 is 5.41 Å². The molecule has 0 aliphatic heterocycles. The van der Waals surface area contributed by atoms with Gasteiger partial charge in [0.1, 0.15) is 0 Å². The van der Waals surface area contributed by atoms with Gasteiger partial charge >= 0.3 is 5.97 Å². The number of ether oxygens (including phenoxy) is 1. The van der Waals surface area contributed by atoms with Crippen LogP contribution in [0, 0.1) is 0 Å². The molecule has 0 aromatic carbocycles. The zero-order valence-electron chi connectivity index (χ0n) is 12.5. The molecule has 2 nitrogen and oxygen atoms in total. The van der Waals surface area contributed by atoms with Crippen molar-refractivity contribution in [2.24, 2.45) is 0 Å². The van der Waals surface area contributed by atoms with Gasteiger partial charge in [-0.15, -0.1) is 11.3 Å². The maximum atomic E-state index is 12.2. The first kappa shape index (κ1) is 17.4. The van der Waals surface area contributed by atoms with Gasteiger partial charge < -0.3 is 4.74 Å². The molecule has 0 N–H and O–H groups in total. The molecule has 0 atom stereocenters. The van der Waals surface area contributed by atoms with Crippen molar-refractivity contribution in [1.29, 1.82) is 0 Å². The molecule has 1 aliphatic rings. The van der Waals surface area contributed by atoms with E-state index in [-0.39, 0.29) is 5.97 Å². The summed E-state index contributed by atoms with van der Waals surface area (Å²) in [6, 6.07) is 2.12. The topological polar surface area (TPSA) is 26.3 Å². The molecule has 1 aromatic rings. The highest BCUT2D eigenvalue weighted by Crippen LogP contribution is 2.42. The van der Waals surface area contributed by atoms with Crippen LogP contribution in [0.2, 0.25) is 0 Å². The lowest BCUT2D eigenvalue weighted by Gasteiger charge is -2.34. The summed E-state index contributed by atoms with van der Waals surface area (Å²) in [6.07, 6.45) is 5.25. The summed E-state index contributed by atoms with van der Waals surface area (Å²) in [5.74, 6) is 1.74. The quantitative estimate of drug-likeness (QED) is 0.550. The number of halogens is 1. The Kier molecular flexibility index (Phi) is 6.96. The number of hydrogen-bond donors (Lipinski definition) is 0. The number of carbonyl (C=O) groups excluding carboxylic acids is 1. The van der Waals surface area contributed by atoms with Gasteiger partial charge in [0.15, 0.2) is 0 Å². The first-order chi connectivity index (χ1) is 9.60. The molecule has 1 aliphatic carbocycles. The third-order valence-corrected chi connectivity index (χ3v) is 4.95. The molecule has 0 bridgehead atoms. The van der Waals surface area contributed by atoms with Crippen LogP contribution in [0.3, 0.4) is 0 Å². The van der Waals surface area contributed by atoms with Crippen molar-refractivity contribution in [1.82, 2.24) is 0 Å². The van der Waals surface area contributed by atoms with E-state index in [1.807, 2.05) is 12.8 Å². The van der Waals surface area contributed by atoms with Crippen LogP contribution in [-0.4, -0.2) is 18.9 Å². The Bertz CT molecular complexity index is 459. The molecule has 1 heterocycles. The largest absolute Gasteiger partial charge is 0.468 e. The molecular weight excluding hydrogens is 336 g/mol. The number of carbonyl (C=O) groups is 1. The number of esters is 1. The molecule has 20 heavy (non-hydrogen) atoms. The molecule has 1 aromatic heterocycles. The Morgan fingerprint density at radius 2 is 1.95 bits per heavy atom. The Balaban J connectivity index is 0.000000956. The normalized spacial score (nSPS) is 16.8. The van der Waals surface area contributed by atoms with Crippen molar-refractivity contribution in [3.05, 3.63) is 28.5 Å². The summed E-state index contributed by atoms with van der Waals surface area (Å²) < 4.78 is 5.06. The first-order valence-corrected chi connectivity index (χ1v) is 9.28. The summed E-state index contributed by atoms with van der Waals surface area (Å²) in [5, 5.41) is 2.10.